The minimum absolute atomic E-state index is 0.256. The molecule has 1 aliphatic heterocycles. The lowest BCUT2D eigenvalue weighted by atomic mass is 10.2. The molecular formula is C15H16FN3OS. The number of nitrogens with zero attached hydrogens (tertiary/aromatic N) is 2. The molecule has 0 saturated carbocycles. The minimum Gasteiger partial charge on any atom is -0.298 e. The highest BCUT2D eigenvalue weighted by molar-refractivity contribution is 7.15. The Bertz CT molecular complexity index is 653. The SMILES string of the molecule is CCN1CCc2nc(NC(=O)c3ccc(F)cc3)sc2C1. The van der Waals surface area contributed by atoms with E-state index in [0.717, 1.165) is 31.7 Å². The zero-order valence-corrected chi connectivity index (χ0v) is 12.5. The van der Waals surface area contributed by atoms with E-state index in [1.807, 2.05) is 0 Å². The minimum atomic E-state index is -0.351. The van der Waals surface area contributed by atoms with E-state index in [9.17, 15) is 9.18 Å². The zero-order chi connectivity index (χ0) is 14.8. The van der Waals surface area contributed by atoms with Gasteiger partial charge in [-0.1, -0.05) is 6.92 Å². The first-order valence-corrected chi connectivity index (χ1v) is 7.75. The summed E-state index contributed by atoms with van der Waals surface area (Å²) in [5, 5.41) is 3.41. The van der Waals surface area contributed by atoms with Crippen LogP contribution >= 0.6 is 11.3 Å². The molecule has 21 heavy (non-hydrogen) atoms. The van der Waals surface area contributed by atoms with Crippen LogP contribution in [0.5, 0.6) is 0 Å². The molecule has 1 N–H and O–H groups in total. The van der Waals surface area contributed by atoms with Crippen LogP contribution in [0.3, 0.4) is 0 Å². The smallest absolute Gasteiger partial charge is 0.257 e. The number of amides is 1. The Hall–Kier alpha value is -1.79. The van der Waals surface area contributed by atoms with Crippen molar-refractivity contribution in [1.82, 2.24) is 9.88 Å². The fourth-order valence-corrected chi connectivity index (χ4v) is 3.39. The molecule has 2 heterocycles. The number of hydrogen-bond acceptors (Lipinski definition) is 4. The van der Waals surface area contributed by atoms with Crippen molar-refractivity contribution in [3.63, 3.8) is 0 Å². The molecule has 1 amide bonds. The van der Waals surface area contributed by atoms with Gasteiger partial charge in [0.15, 0.2) is 5.13 Å². The summed E-state index contributed by atoms with van der Waals surface area (Å²) in [6.07, 6.45) is 0.923. The van der Waals surface area contributed by atoms with Crippen molar-refractivity contribution in [3.8, 4) is 0 Å². The average Bonchev–Trinajstić information content (AvgIpc) is 2.88. The summed E-state index contributed by atoms with van der Waals surface area (Å²) in [6, 6.07) is 5.50. The number of carbonyl (C=O) groups is 1. The number of thiazole rings is 1. The number of carbonyl (C=O) groups excluding carboxylic acids is 1. The predicted octanol–water partition coefficient (Wildman–Crippen LogP) is 2.91. The lowest BCUT2D eigenvalue weighted by Crippen LogP contribution is -2.29. The molecule has 0 atom stereocenters. The third kappa shape index (κ3) is 3.11. The summed E-state index contributed by atoms with van der Waals surface area (Å²) in [5.41, 5.74) is 1.51. The second-order valence-corrected chi connectivity index (χ2v) is 6.05. The van der Waals surface area contributed by atoms with Crippen molar-refractivity contribution in [2.75, 3.05) is 18.4 Å². The molecule has 1 aliphatic rings. The van der Waals surface area contributed by atoms with Gasteiger partial charge < -0.3 is 0 Å². The molecule has 0 radical (unpaired) electrons. The van der Waals surface area contributed by atoms with Gasteiger partial charge in [0.2, 0.25) is 0 Å². The molecule has 0 aliphatic carbocycles. The zero-order valence-electron chi connectivity index (χ0n) is 11.7. The molecule has 2 aromatic rings. The third-order valence-corrected chi connectivity index (χ3v) is 4.58. The van der Waals surface area contributed by atoms with Gasteiger partial charge in [0.1, 0.15) is 5.82 Å². The highest BCUT2D eigenvalue weighted by Crippen LogP contribution is 2.28. The molecule has 0 fully saturated rings. The van der Waals surface area contributed by atoms with E-state index in [2.05, 4.69) is 22.1 Å². The maximum atomic E-state index is 12.9. The van der Waals surface area contributed by atoms with E-state index in [0.29, 0.717) is 10.7 Å². The Morgan fingerprint density at radius 1 is 1.43 bits per heavy atom. The molecule has 1 aromatic heterocycles. The summed E-state index contributed by atoms with van der Waals surface area (Å²) >= 11 is 1.52. The second kappa shape index (κ2) is 5.91. The van der Waals surface area contributed by atoms with E-state index in [1.165, 1.54) is 40.5 Å². The van der Waals surface area contributed by atoms with Gasteiger partial charge in [-0.2, -0.15) is 0 Å². The highest BCUT2D eigenvalue weighted by atomic mass is 32.1. The normalized spacial score (nSPS) is 14.8. The highest BCUT2D eigenvalue weighted by Gasteiger charge is 2.20. The van der Waals surface area contributed by atoms with Crippen molar-refractivity contribution in [3.05, 3.63) is 46.2 Å². The standard InChI is InChI=1S/C15H16FN3OS/c1-2-19-8-7-12-13(9-19)21-15(17-12)18-14(20)10-3-5-11(16)6-4-10/h3-6H,2,7-9H2,1H3,(H,17,18,20). The van der Waals surface area contributed by atoms with Crippen LogP contribution in [0.4, 0.5) is 9.52 Å². The Morgan fingerprint density at radius 2 is 2.19 bits per heavy atom. The van der Waals surface area contributed by atoms with Crippen molar-refractivity contribution in [2.45, 2.75) is 19.9 Å². The average molecular weight is 305 g/mol. The van der Waals surface area contributed by atoms with Crippen LogP contribution in [-0.4, -0.2) is 28.9 Å². The van der Waals surface area contributed by atoms with Gasteiger partial charge >= 0.3 is 0 Å². The van der Waals surface area contributed by atoms with Crippen LogP contribution in [0, 0.1) is 5.82 Å². The predicted molar refractivity (Wildman–Crippen MR) is 81.1 cm³/mol. The number of likely N-dealkylation sites (N-methyl/N-ethyl adjacent to an activating group) is 1. The molecule has 6 heteroatoms. The fourth-order valence-electron chi connectivity index (χ4n) is 2.34. The second-order valence-electron chi connectivity index (χ2n) is 4.97. The van der Waals surface area contributed by atoms with E-state index in [-0.39, 0.29) is 11.7 Å². The van der Waals surface area contributed by atoms with Gasteiger partial charge in [0.05, 0.1) is 5.69 Å². The van der Waals surface area contributed by atoms with E-state index < -0.39 is 0 Å². The van der Waals surface area contributed by atoms with Crippen molar-refractivity contribution in [2.24, 2.45) is 0 Å². The van der Waals surface area contributed by atoms with Gasteiger partial charge in [-0.25, -0.2) is 9.37 Å². The van der Waals surface area contributed by atoms with E-state index in [4.69, 9.17) is 0 Å². The first-order chi connectivity index (χ1) is 10.2. The van der Waals surface area contributed by atoms with E-state index in [1.54, 1.807) is 0 Å². The summed E-state index contributed by atoms with van der Waals surface area (Å²) < 4.78 is 12.9. The Kier molecular flexibility index (Phi) is 3.98. The number of fused-ring (bicyclic) bond motifs is 1. The van der Waals surface area contributed by atoms with Crippen molar-refractivity contribution in [1.29, 1.82) is 0 Å². The molecule has 4 nitrogen and oxygen atoms in total. The van der Waals surface area contributed by atoms with Crippen LogP contribution in [0.15, 0.2) is 24.3 Å². The molecule has 0 bridgehead atoms. The lowest BCUT2D eigenvalue weighted by molar-refractivity contribution is 0.102. The van der Waals surface area contributed by atoms with Gasteiger partial charge in [0, 0.05) is 30.0 Å². The maximum Gasteiger partial charge on any atom is 0.257 e. The molecule has 110 valence electrons. The summed E-state index contributed by atoms with van der Waals surface area (Å²) in [4.78, 5) is 20.1. The van der Waals surface area contributed by atoms with Crippen LogP contribution in [0.1, 0.15) is 27.9 Å². The summed E-state index contributed by atoms with van der Waals surface area (Å²) in [7, 11) is 0. The Balaban J connectivity index is 1.72. The van der Waals surface area contributed by atoms with Gasteiger partial charge in [-0.3, -0.25) is 15.0 Å². The van der Waals surface area contributed by atoms with Crippen molar-refractivity contribution >= 4 is 22.4 Å². The van der Waals surface area contributed by atoms with Gasteiger partial charge in [0.25, 0.3) is 5.91 Å². The molecule has 0 saturated heterocycles. The molecule has 3 rings (SSSR count). The monoisotopic (exact) mass is 305 g/mol. The summed E-state index contributed by atoms with van der Waals surface area (Å²) in [5.74, 6) is -0.607. The molecular weight excluding hydrogens is 289 g/mol. The first kappa shape index (κ1) is 14.2. The number of rotatable bonds is 3. The molecule has 0 unspecified atom stereocenters. The molecule has 0 spiro atoms. The number of aromatic nitrogens is 1. The van der Waals surface area contributed by atoms with Gasteiger partial charge in [-0.15, -0.1) is 11.3 Å². The summed E-state index contributed by atoms with van der Waals surface area (Å²) in [6.45, 7) is 5.08. The van der Waals surface area contributed by atoms with Crippen LogP contribution in [0.25, 0.3) is 0 Å². The number of benzene rings is 1. The van der Waals surface area contributed by atoms with Crippen LogP contribution < -0.4 is 5.32 Å². The number of halogens is 1. The number of anilines is 1. The Morgan fingerprint density at radius 3 is 2.90 bits per heavy atom. The molecule has 1 aromatic carbocycles. The quantitative estimate of drug-likeness (QED) is 0.948. The van der Waals surface area contributed by atoms with Crippen LogP contribution in [0.2, 0.25) is 0 Å². The lowest BCUT2D eigenvalue weighted by Gasteiger charge is -2.23. The van der Waals surface area contributed by atoms with Crippen molar-refractivity contribution < 1.29 is 9.18 Å². The number of hydrogen-bond donors (Lipinski definition) is 1. The maximum absolute atomic E-state index is 12.9. The van der Waals surface area contributed by atoms with Gasteiger partial charge in [-0.05, 0) is 30.8 Å². The largest absolute Gasteiger partial charge is 0.298 e. The van der Waals surface area contributed by atoms with E-state index >= 15 is 0 Å². The fraction of sp³-hybridized carbons (Fsp3) is 0.333. The Labute approximate surface area is 126 Å². The first-order valence-electron chi connectivity index (χ1n) is 6.93. The third-order valence-electron chi connectivity index (χ3n) is 3.58. The topological polar surface area (TPSA) is 45.2 Å². The number of nitrogens with one attached hydrogen (secondary N) is 1. The van der Waals surface area contributed by atoms with Crippen LogP contribution in [-0.2, 0) is 13.0 Å².